The molecule has 19 heavy (non-hydrogen) atoms. The number of benzene rings is 2. The molecule has 0 heterocycles. The molecule has 0 unspecified atom stereocenters. The molecule has 0 bridgehead atoms. The molecule has 0 aliphatic carbocycles. The first-order valence-electron chi connectivity index (χ1n) is 6.40. The maximum Gasteiger partial charge on any atom is 0.0487 e. The molecule has 2 aromatic rings. The second kappa shape index (κ2) is 6.55. The van der Waals surface area contributed by atoms with Crippen LogP contribution in [-0.2, 0) is 6.42 Å². The highest BCUT2D eigenvalue weighted by molar-refractivity contribution is 6.33. The summed E-state index contributed by atoms with van der Waals surface area (Å²) in [7, 11) is 0. The van der Waals surface area contributed by atoms with Crippen molar-refractivity contribution in [3.8, 4) is 11.1 Å². The third kappa shape index (κ3) is 3.69. The molecule has 0 aliphatic rings. The Kier molecular flexibility index (Phi) is 4.78. The van der Waals surface area contributed by atoms with Gasteiger partial charge in [-0.25, -0.2) is 0 Å². The van der Waals surface area contributed by atoms with Gasteiger partial charge in [-0.15, -0.1) is 0 Å². The molecule has 2 aromatic carbocycles. The van der Waals surface area contributed by atoms with E-state index in [0.717, 1.165) is 22.6 Å². The smallest absolute Gasteiger partial charge is 0.0487 e. The minimum atomic E-state index is 0.585. The molecule has 2 rings (SSSR count). The van der Waals surface area contributed by atoms with Crippen LogP contribution in [0.2, 0.25) is 5.02 Å². The van der Waals surface area contributed by atoms with Crippen molar-refractivity contribution in [3.05, 3.63) is 70.8 Å². The van der Waals surface area contributed by atoms with E-state index < -0.39 is 0 Å². The van der Waals surface area contributed by atoms with Crippen LogP contribution in [0.15, 0.2) is 60.2 Å². The van der Waals surface area contributed by atoms with Crippen molar-refractivity contribution in [2.75, 3.05) is 6.54 Å². The van der Waals surface area contributed by atoms with Crippen molar-refractivity contribution >= 4 is 11.6 Å². The van der Waals surface area contributed by atoms with Gasteiger partial charge in [0.25, 0.3) is 0 Å². The zero-order valence-corrected chi connectivity index (χ0v) is 11.8. The first-order chi connectivity index (χ1) is 9.20. The monoisotopic (exact) mass is 271 g/mol. The molecule has 2 N–H and O–H groups in total. The fourth-order valence-electron chi connectivity index (χ4n) is 2.12. The molecule has 0 fully saturated rings. The van der Waals surface area contributed by atoms with Crippen LogP contribution >= 0.6 is 11.6 Å². The van der Waals surface area contributed by atoms with Crippen LogP contribution in [-0.4, -0.2) is 6.54 Å². The lowest BCUT2D eigenvalue weighted by Gasteiger charge is -2.08. The van der Waals surface area contributed by atoms with E-state index in [-0.39, 0.29) is 0 Å². The van der Waals surface area contributed by atoms with Gasteiger partial charge in [0.05, 0.1) is 0 Å². The fraction of sp³-hybridized carbons (Fsp3) is 0.176. The summed E-state index contributed by atoms with van der Waals surface area (Å²) in [5, 5.41) is 0.796. The SMILES string of the molecule is C/C(=C/CN)Cc1ccc(-c2ccccc2)c(Cl)c1. The Balaban J connectivity index is 2.25. The molecule has 0 saturated carbocycles. The minimum Gasteiger partial charge on any atom is -0.327 e. The maximum atomic E-state index is 6.38. The molecule has 0 radical (unpaired) electrons. The summed E-state index contributed by atoms with van der Waals surface area (Å²) in [6.07, 6.45) is 2.94. The van der Waals surface area contributed by atoms with E-state index in [1.165, 1.54) is 11.1 Å². The Hall–Kier alpha value is -1.57. The van der Waals surface area contributed by atoms with Crippen molar-refractivity contribution in [2.24, 2.45) is 5.73 Å². The zero-order chi connectivity index (χ0) is 13.7. The van der Waals surface area contributed by atoms with Crippen LogP contribution < -0.4 is 5.73 Å². The molecular weight excluding hydrogens is 254 g/mol. The van der Waals surface area contributed by atoms with Crippen molar-refractivity contribution in [2.45, 2.75) is 13.3 Å². The van der Waals surface area contributed by atoms with Crippen LogP contribution in [0.3, 0.4) is 0 Å². The summed E-state index contributed by atoms with van der Waals surface area (Å²) in [4.78, 5) is 0. The molecular formula is C17H18ClN. The summed E-state index contributed by atoms with van der Waals surface area (Å²) in [6.45, 7) is 2.67. The second-order valence-corrected chi connectivity index (χ2v) is 5.05. The molecule has 0 aliphatic heterocycles. The lowest BCUT2D eigenvalue weighted by molar-refractivity contribution is 1.10. The first-order valence-corrected chi connectivity index (χ1v) is 6.78. The second-order valence-electron chi connectivity index (χ2n) is 4.64. The Labute approximate surface area is 119 Å². The van der Waals surface area contributed by atoms with Crippen molar-refractivity contribution < 1.29 is 0 Å². The molecule has 98 valence electrons. The highest BCUT2D eigenvalue weighted by Crippen LogP contribution is 2.29. The van der Waals surface area contributed by atoms with E-state index in [1.54, 1.807) is 0 Å². The van der Waals surface area contributed by atoms with Gasteiger partial charge in [0.15, 0.2) is 0 Å². The molecule has 2 heteroatoms. The summed E-state index contributed by atoms with van der Waals surface area (Å²) in [6, 6.07) is 16.4. The van der Waals surface area contributed by atoms with Gasteiger partial charge >= 0.3 is 0 Å². The Bertz CT molecular complexity index is 573. The van der Waals surface area contributed by atoms with E-state index in [2.05, 4.69) is 31.2 Å². The number of hydrogen-bond donors (Lipinski definition) is 1. The van der Waals surface area contributed by atoms with Crippen LogP contribution in [0.4, 0.5) is 0 Å². The average molecular weight is 272 g/mol. The summed E-state index contributed by atoms with van der Waals surface area (Å²) < 4.78 is 0. The van der Waals surface area contributed by atoms with E-state index in [9.17, 15) is 0 Å². The molecule has 0 amide bonds. The Morgan fingerprint density at radius 1 is 1.16 bits per heavy atom. The van der Waals surface area contributed by atoms with Gasteiger partial charge in [0.2, 0.25) is 0 Å². The standard InChI is InChI=1S/C17H18ClN/c1-13(9-10-19)11-14-7-8-16(17(18)12-14)15-5-3-2-4-6-15/h2-9,12H,10-11,19H2,1H3/b13-9-. The minimum absolute atomic E-state index is 0.585. The lowest BCUT2D eigenvalue weighted by atomic mass is 10.0. The predicted octanol–water partition coefficient (Wildman–Crippen LogP) is 4.45. The molecule has 0 spiro atoms. The van der Waals surface area contributed by atoms with Gasteiger partial charge in [-0.05, 0) is 30.5 Å². The van der Waals surface area contributed by atoms with Crippen molar-refractivity contribution in [1.82, 2.24) is 0 Å². The molecule has 0 aromatic heterocycles. The van der Waals surface area contributed by atoms with E-state index >= 15 is 0 Å². The summed E-state index contributed by atoms with van der Waals surface area (Å²) in [5.41, 5.74) is 10.2. The number of hydrogen-bond acceptors (Lipinski definition) is 1. The van der Waals surface area contributed by atoms with Crippen LogP contribution in [0.25, 0.3) is 11.1 Å². The zero-order valence-electron chi connectivity index (χ0n) is 11.1. The van der Waals surface area contributed by atoms with Gasteiger partial charge in [0, 0.05) is 17.1 Å². The van der Waals surface area contributed by atoms with Crippen molar-refractivity contribution in [1.29, 1.82) is 0 Å². The molecule has 0 atom stereocenters. The Morgan fingerprint density at radius 2 is 1.89 bits per heavy atom. The molecule has 1 nitrogen and oxygen atoms in total. The van der Waals surface area contributed by atoms with Gasteiger partial charge in [-0.3, -0.25) is 0 Å². The highest BCUT2D eigenvalue weighted by Gasteiger charge is 2.04. The average Bonchev–Trinajstić information content (AvgIpc) is 2.40. The predicted molar refractivity (Wildman–Crippen MR) is 83.4 cm³/mol. The van der Waals surface area contributed by atoms with E-state index in [1.807, 2.05) is 30.3 Å². The highest BCUT2D eigenvalue weighted by atomic mass is 35.5. The topological polar surface area (TPSA) is 26.0 Å². The van der Waals surface area contributed by atoms with E-state index in [4.69, 9.17) is 17.3 Å². The number of allylic oxidation sites excluding steroid dienone is 1. The number of halogens is 1. The summed E-state index contributed by atoms with van der Waals surface area (Å²) in [5.74, 6) is 0. The first kappa shape index (κ1) is 13.9. The third-order valence-electron chi connectivity index (χ3n) is 3.07. The summed E-state index contributed by atoms with van der Waals surface area (Å²) >= 11 is 6.38. The van der Waals surface area contributed by atoms with Crippen LogP contribution in [0.1, 0.15) is 12.5 Å². The van der Waals surface area contributed by atoms with Crippen LogP contribution in [0, 0.1) is 0 Å². The van der Waals surface area contributed by atoms with Crippen LogP contribution in [0.5, 0.6) is 0 Å². The number of nitrogens with two attached hydrogens (primary N) is 1. The van der Waals surface area contributed by atoms with E-state index in [0.29, 0.717) is 6.54 Å². The lowest BCUT2D eigenvalue weighted by Crippen LogP contribution is -1.96. The third-order valence-corrected chi connectivity index (χ3v) is 3.38. The maximum absolute atomic E-state index is 6.38. The van der Waals surface area contributed by atoms with Gasteiger partial charge in [-0.2, -0.15) is 0 Å². The van der Waals surface area contributed by atoms with Gasteiger partial charge < -0.3 is 5.73 Å². The largest absolute Gasteiger partial charge is 0.327 e. The number of rotatable bonds is 4. The Morgan fingerprint density at radius 3 is 2.53 bits per heavy atom. The quantitative estimate of drug-likeness (QED) is 0.817. The molecule has 0 saturated heterocycles. The normalized spacial score (nSPS) is 11.6. The van der Waals surface area contributed by atoms with Crippen molar-refractivity contribution in [3.63, 3.8) is 0 Å². The van der Waals surface area contributed by atoms with Gasteiger partial charge in [-0.1, -0.05) is 65.7 Å². The fourth-order valence-corrected chi connectivity index (χ4v) is 2.43. The van der Waals surface area contributed by atoms with Gasteiger partial charge in [0.1, 0.15) is 0 Å².